The Labute approximate surface area is 93.4 Å². The first-order valence-corrected chi connectivity index (χ1v) is 6.47. The first-order valence-electron chi connectivity index (χ1n) is 6.47. The van der Waals surface area contributed by atoms with E-state index in [9.17, 15) is 0 Å². The predicted molar refractivity (Wildman–Crippen MR) is 63.8 cm³/mol. The number of hydrogen-bond donors (Lipinski definition) is 2. The van der Waals surface area contributed by atoms with Crippen molar-refractivity contribution < 1.29 is 0 Å². The Bertz CT molecular complexity index is 185. The lowest BCUT2D eigenvalue weighted by Crippen LogP contribution is -2.50. The minimum absolute atomic E-state index is 0.448. The zero-order valence-electron chi connectivity index (χ0n) is 9.91. The summed E-state index contributed by atoms with van der Waals surface area (Å²) in [6.07, 6.45) is 5.33. The average Bonchev–Trinajstić information content (AvgIpc) is 2.16. The second-order valence-corrected chi connectivity index (χ2v) is 5.23. The Balaban J connectivity index is 1.72. The fraction of sp³-hybridized carbons (Fsp3) is 1.00. The van der Waals surface area contributed by atoms with Crippen molar-refractivity contribution in [3.63, 3.8) is 0 Å². The summed E-state index contributed by atoms with van der Waals surface area (Å²) in [6, 6.07) is 1.12. The molecule has 2 unspecified atom stereocenters. The van der Waals surface area contributed by atoms with Crippen LogP contribution in [0.4, 0.5) is 0 Å². The molecule has 2 atom stereocenters. The van der Waals surface area contributed by atoms with Crippen LogP contribution in [0.15, 0.2) is 0 Å². The maximum absolute atomic E-state index is 6.24. The number of nitrogens with one attached hydrogen (secondary N) is 1. The van der Waals surface area contributed by atoms with Gasteiger partial charge in [-0.3, -0.25) is 4.90 Å². The molecular formula is C12H25N3. The van der Waals surface area contributed by atoms with E-state index in [-0.39, 0.29) is 0 Å². The number of piperazine rings is 1. The van der Waals surface area contributed by atoms with Crippen LogP contribution in [-0.2, 0) is 0 Å². The van der Waals surface area contributed by atoms with Gasteiger partial charge in [-0.05, 0) is 32.1 Å². The van der Waals surface area contributed by atoms with Gasteiger partial charge in [0.2, 0.25) is 0 Å². The van der Waals surface area contributed by atoms with E-state index in [1.807, 2.05) is 0 Å². The molecule has 3 nitrogen and oxygen atoms in total. The van der Waals surface area contributed by atoms with Gasteiger partial charge in [-0.1, -0.05) is 6.42 Å². The van der Waals surface area contributed by atoms with E-state index in [1.54, 1.807) is 0 Å². The highest BCUT2D eigenvalue weighted by atomic mass is 15.2. The van der Waals surface area contributed by atoms with Crippen LogP contribution in [0, 0.1) is 5.92 Å². The maximum Gasteiger partial charge on any atom is 0.0110 e. The van der Waals surface area contributed by atoms with Gasteiger partial charge in [-0.2, -0.15) is 0 Å². The van der Waals surface area contributed by atoms with Crippen LogP contribution in [0.3, 0.4) is 0 Å². The van der Waals surface area contributed by atoms with Crippen molar-refractivity contribution in [1.29, 1.82) is 0 Å². The Morgan fingerprint density at radius 2 is 2.00 bits per heavy atom. The Morgan fingerprint density at radius 3 is 2.53 bits per heavy atom. The topological polar surface area (TPSA) is 41.3 Å². The van der Waals surface area contributed by atoms with Gasteiger partial charge in [0.1, 0.15) is 0 Å². The maximum atomic E-state index is 6.24. The quantitative estimate of drug-likeness (QED) is 0.722. The predicted octanol–water partition coefficient (Wildman–Crippen LogP) is 0.798. The first kappa shape index (κ1) is 11.4. The van der Waals surface area contributed by atoms with Crippen molar-refractivity contribution in [2.75, 3.05) is 26.2 Å². The highest BCUT2D eigenvalue weighted by molar-refractivity contribution is 4.84. The van der Waals surface area contributed by atoms with Crippen LogP contribution in [0.25, 0.3) is 0 Å². The summed E-state index contributed by atoms with van der Waals surface area (Å²) in [5.41, 5.74) is 6.24. The Kier molecular flexibility index (Phi) is 4.00. The average molecular weight is 211 g/mol. The van der Waals surface area contributed by atoms with Gasteiger partial charge < -0.3 is 11.1 Å². The highest BCUT2D eigenvalue weighted by Crippen LogP contribution is 2.30. The van der Waals surface area contributed by atoms with Crippen LogP contribution in [-0.4, -0.2) is 43.2 Å². The van der Waals surface area contributed by atoms with E-state index in [2.05, 4.69) is 17.1 Å². The van der Waals surface area contributed by atoms with Crippen molar-refractivity contribution in [3.8, 4) is 0 Å². The lowest BCUT2D eigenvalue weighted by molar-refractivity contribution is 0.148. The fourth-order valence-electron chi connectivity index (χ4n) is 2.73. The van der Waals surface area contributed by atoms with Crippen molar-refractivity contribution in [2.24, 2.45) is 11.7 Å². The molecule has 1 saturated heterocycles. The molecule has 1 aliphatic carbocycles. The molecule has 0 radical (unpaired) electrons. The molecule has 0 aromatic carbocycles. The summed E-state index contributed by atoms with van der Waals surface area (Å²) in [5.74, 6) is 0.829. The third-order valence-corrected chi connectivity index (χ3v) is 4.14. The molecule has 2 fully saturated rings. The van der Waals surface area contributed by atoms with E-state index in [0.717, 1.165) is 19.0 Å². The number of hydrogen-bond acceptors (Lipinski definition) is 3. The summed E-state index contributed by atoms with van der Waals surface area (Å²) in [7, 11) is 0. The van der Waals surface area contributed by atoms with E-state index in [4.69, 9.17) is 5.73 Å². The van der Waals surface area contributed by atoms with Crippen molar-refractivity contribution in [1.82, 2.24) is 10.2 Å². The SMILES string of the molecule is CC(CC(N)C1CCC1)N1CCNCC1. The molecule has 3 heteroatoms. The molecule has 0 spiro atoms. The summed E-state index contributed by atoms with van der Waals surface area (Å²) in [5, 5.41) is 3.40. The Morgan fingerprint density at radius 1 is 1.33 bits per heavy atom. The van der Waals surface area contributed by atoms with Crippen LogP contribution in [0.1, 0.15) is 32.6 Å². The largest absolute Gasteiger partial charge is 0.327 e. The van der Waals surface area contributed by atoms with Crippen molar-refractivity contribution in [3.05, 3.63) is 0 Å². The third kappa shape index (κ3) is 2.92. The normalized spacial score (nSPS) is 28.4. The van der Waals surface area contributed by atoms with Gasteiger partial charge in [0.25, 0.3) is 0 Å². The number of rotatable bonds is 4. The van der Waals surface area contributed by atoms with Crippen LogP contribution in [0.5, 0.6) is 0 Å². The molecule has 1 saturated carbocycles. The molecule has 0 amide bonds. The van der Waals surface area contributed by atoms with E-state index in [0.29, 0.717) is 12.1 Å². The minimum atomic E-state index is 0.448. The molecule has 15 heavy (non-hydrogen) atoms. The van der Waals surface area contributed by atoms with E-state index < -0.39 is 0 Å². The smallest absolute Gasteiger partial charge is 0.0110 e. The number of nitrogens with zero attached hydrogens (tertiary/aromatic N) is 1. The minimum Gasteiger partial charge on any atom is -0.327 e. The fourth-order valence-corrected chi connectivity index (χ4v) is 2.73. The summed E-state index contributed by atoms with van der Waals surface area (Å²) in [6.45, 7) is 7.01. The molecule has 2 aliphatic rings. The lowest BCUT2D eigenvalue weighted by Gasteiger charge is -2.37. The Hall–Kier alpha value is -0.120. The van der Waals surface area contributed by atoms with Crippen molar-refractivity contribution >= 4 is 0 Å². The van der Waals surface area contributed by atoms with Crippen molar-refractivity contribution in [2.45, 2.75) is 44.7 Å². The zero-order valence-corrected chi connectivity index (χ0v) is 9.91. The first-order chi connectivity index (χ1) is 7.27. The third-order valence-electron chi connectivity index (χ3n) is 4.14. The van der Waals surface area contributed by atoms with Crippen LogP contribution >= 0.6 is 0 Å². The zero-order chi connectivity index (χ0) is 10.7. The molecule has 1 heterocycles. The van der Waals surface area contributed by atoms with Gasteiger partial charge in [-0.25, -0.2) is 0 Å². The summed E-state index contributed by atoms with van der Waals surface area (Å²) in [4.78, 5) is 2.58. The van der Waals surface area contributed by atoms with E-state index in [1.165, 1.54) is 38.8 Å². The number of nitrogens with two attached hydrogens (primary N) is 1. The second kappa shape index (κ2) is 5.28. The highest BCUT2D eigenvalue weighted by Gasteiger charge is 2.27. The van der Waals surface area contributed by atoms with Gasteiger partial charge in [0.05, 0.1) is 0 Å². The second-order valence-electron chi connectivity index (χ2n) is 5.23. The molecule has 2 rings (SSSR count). The van der Waals surface area contributed by atoms with E-state index >= 15 is 0 Å². The molecule has 88 valence electrons. The molecule has 3 N–H and O–H groups in total. The molecule has 1 aliphatic heterocycles. The van der Waals surface area contributed by atoms with Crippen LogP contribution < -0.4 is 11.1 Å². The monoisotopic (exact) mass is 211 g/mol. The summed E-state index contributed by atoms with van der Waals surface area (Å²) < 4.78 is 0. The molecule has 0 aromatic rings. The lowest BCUT2D eigenvalue weighted by atomic mass is 9.78. The molecular weight excluding hydrogens is 186 g/mol. The van der Waals surface area contributed by atoms with Gasteiger partial charge in [0, 0.05) is 38.3 Å². The summed E-state index contributed by atoms with van der Waals surface area (Å²) >= 11 is 0. The van der Waals surface area contributed by atoms with Crippen LogP contribution in [0.2, 0.25) is 0 Å². The van der Waals surface area contributed by atoms with Gasteiger partial charge in [-0.15, -0.1) is 0 Å². The standard InChI is InChI=1S/C12H25N3/c1-10(15-7-5-14-6-8-15)9-12(13)11-3-2-4-11/h10-12,14H,2-9,13H2,1H3. The molecule has 0 bridgehead atoms. The van der Waals surface area contributed by atoms with Gasteiger partial charge >= 0.3 is 0 Å². The molecule has 0 aromatic heterocycles. The van der Waals surface area contributed by atoms with Gasteiger partial charge in [0.15, 0.2) is 0 Å².